The maximum absolute atomic E-state index is 11.2. The second kappa shape index (κ2) is 14.0. The molecule has 0 aromatic rings. The van der Waals surface area contributed by atoms with Crippen LogP contribution in [0.25, 0.3) is 0 Å². The van der Waals surface area contributed by atoms with Crippen molar-refractivity contribution in [3.8, 4) is 0 Å². The average Bonchev–Trinajstić information content (AvgIpc) is 2.36. The number of hydrogen-bond donors (Lipinski definition) is 4. The van der Waals surface area contributed by atoms with Crippen molar-refractivity contribution < 1.29 is 33.8 Å². The summed E-state index contributed by atoms with van der Waals surface area (Å²) < 4.78 is 5.74. The van der Waals surface area contributed by atoms with E-state index in [4.69, 9.17) is 31.5 Å². The molecule has 0 aromatic heterocycles. The Balaban J connectivity index is -0.000000397. The van der Waals surface area contributed by atoms with Gasteiger partial charge in [-0.15, -0.1) is 0 Å². The first-order valence-electron chi connectivity index (χ1n) is 7.27. The van der Waals surface area contributed by atoms with E-state index in [1.165, 1.54) is 11.8 Å². The largest absolute Gasteiger partial charge is 0.548 e. The number of hydrogen-bond acceptors (Lipinski definition) is 7. The highest BCUT2D eigenvalue weighted by Gasteiger charge is 2.11. The summed E-state index contributed by atoms with van der Waals surface area (Å²) in [6.45, 7) is 3.60. The summed E-state index contributed by atoms with van der Waals surface area (Å²) in [4.78, 5) is 31.0. The summed E-state index contributed by atoms with van der Waals surface area (Å²) in [5.74, 6) is -2.55. The van der Waals surface area contributed by atoms with Gasteiger partial charge in [-0.3, -0.25) is 15.0 Å². The number of nitrogens with two attached hydrogens (primary N) is 2. The molecule has 0 saturated carbocycles. The molecule has 25 heavy (non-hydrogen) atoms. The smallest absolute Gasteiger partial charge is 0.325 e. The Bertz CT molecular complexity index is 430. The monoisotopic (exact) mass is 365 g/mol. The molecule has 6 N–H and O–H groups in total. The molecule has 11 nitrogen and oxygen atoms in total. The molecule has 0 heterocycles. The van der Waals surface area contributed by atoms with E-state index < -0.39 is 18.0 Å². The lowest BCUT2D eigenvalue weighted by Crippen LogP contribution is -2.40. The van der Waals surface area contributed by atoms with Crippen LogP contribution < -0.4 is 16.6 Å². The van der Waals surface area contributed by atoms with Gasteiger partial charge < -0.3 is 40.6 Å². The van der Waals surface area contributed by atoms with Crippen LogP contribution in [0.2, 0.25) is 0 Å². The topological polar surface area (TPSA) is 183 Å². The van der Waals surface area contributed by atoms with Crippen molar-refractivity contribution >= 4 is 23.9 Å². The fourth-order valence-electron chi connectivity index (χ4n) is 0.758. The number of quaternary nitrogens is 1. The molecule has 0 aliphatic carbocycles. The average molecular weight is 365 g/mol. The zero-order valence-electron chi connectivity index (χ0n) is 15.7. The molecule has 0 saturated heterocycles. The number of ether oxygens (including phenoxy) is 1. The predicted octanol–water partition coefficient (Wildman–Crippen LogP) is -2.76. The van der Waals surface area contributed by atoms with Gasteiger partial charge in [0, 0.05) is 20.0 Å². The second-order valence-corrected chi connectivity index (χ2v) is 6.10. The van der Waals surface area contributed by atoms with Crippen molar-refractivity contribution in [2.75, 3.05) is 47.9 Å². The number of carbonyl (C=O) groups is 3. The molecule has 0 rings (SSSR count). The van der Waals surface area contributed by atoms with Crippen LogP contribution in [-0.4, -0.2) is 92.3 Å². The third kappa shape index (κ3) is 30.1. The summed E-state index contributed by atoms with van der Waals surface area (Å²) in [7, 11) is 7.64. The van der Waals surface area contributed by atoms with Gasteiger partial charge in [0.2, 0.25) is 0 Å². The van der Waals surface area contributed by atoms with Gasteiger partial charge in [-0.05, 0) is 6.92 Å². The number of carbonyl (C=O) groups excluding carboxylic acids is 2. The van der Waals surface area contributed by atoms with Crippen molar-refractivity contribution in [2.24, 2.45) is 11.5 Å². The van der Waals surface area contributed by atoms with E-state index in [1.54, 1.807) is 7.05 Å². The van der Waals surface area contributed by atoms with Crippen LogP contribution in [0.4, 0.5) is 0 Å². The van der Waals surface area contributed by atoms with Gasteiger partial charge in [0.05, 0.1) is 27.1 Å². The Morgan fingerprint density at radius 1 is 1.32 bits per heavy atom. The highest BCUT2D eigenvalue weighted by atomic mass is 16.5. The molecular weight excluding hydrogens is 334 g/mol. The number of carboxylic acids is 2. The van der Waals surface area contributed by atoms with E-state index in [0.717, 1.165) is 18.0 Å². The number of likely N-dealkylation sites (N-methyl/N-ethyl adjacent to an activating group) is 2. The standard InChI is InChI=1S/C9H21N4O2.C3H7NO2.C2H4O2/c1-12(9(10)11)7-8(14)15-6-5-13(2,3)4;1-2(4)3(5)6;1-2(3)4/h5-7H2,1-4H3,(H3,10,11);2H,4H2,1H3,(H,5,6);1H3,(H,3,4)/q+1;;/p-1/t;2-;/m.0./s1. The number of rotatable bonds is 6. The van der Waals surface area contributed by atoms with Crippen LogP contribution in [0.3, 0.4) is 0 Å². The number of guanidine groups is 1. The molecule has 0 fully saturated rings. The first-order valence-corrected chi connectivity index (χ1v) is 7.27. The van der Waals surface area contributed by atoms with E-state index >= 15 is 0 Å². The fourth-order valence-corrected chi connectivity index (χ4v) is 0.758. The van der Waals surface area contributed by atoms with Crippen molar-refractivity contribution in [2.45, 2.75) is 19.9 Å². The van der Waals surface area contributed by atoms with Crippen LogP contribution >= 0.6 is 0 Å². The van der Waals surface area contributed by atoms with Crippen LogP contribution in [0, 0.1) is 5.41 Å². The molecule has 0 aliphatic rings. The lowest BCUT2D eigenvalue weighted by molar-refractivity contribution is -0.870. The second-order valence-electron chi connectivity index (χ2n) is 6.10. The summed E-state index contributed by atoms with van der Waals surface area (Å²) >= 11 is 0. The Morgan fingerprint density at radius 3 is 1.92 bits per heavy atom. The van der Waals surface area contributed by atoms with Gasteiger partial charge in [-0.1, -0.05) is 0 Å². The molecule has 0 bridgehead atoms. The summed E-state index contributed by atoms with van der Waals surface area (Å²) in [6, 6.07) is -0.843. The molecule has 0 amide bonds. The number of nitrogens with one attached hydrogen (secondary N) is 1. The van der Waals surface area contributed by atoms with Crippen LogP contribution in [0.15, 0.2) is 0 Å². The van der Waals surface area contributed by atoms with Crippen molar-refractivity contribution in [3.05, 3.63) is 0 Å². The Hall–Kier alpha value is -2.40. The maximum Gasteiger partial charge on any atom is 0.325 e. The molecule has 0 spiro atoms. The van der Waals surface area contributed by atoms with E-state index in [9.17, 15) is 14.7 Å². The number of esters is 1. The SMILES string of the molecule is CC(=O)O.CN(CC(=O)OCC[N+](C)(C)C)C(=N)N.C[C@H](N)C(=O)[O-]. The van der Waals surface area contributed by atoms with Gasteiger partial charge in [0.15, 0.2) is 5.96 Å². The van der Waals surface area contributed by atoms with Crippen molar-refractivity contribution in [1.82, 2.24) is 4.90 Å². The van der Waals surface area contributed by atoms with Gasteiger partial charge in [0.25, 0.3) is 5.97 Å². The van der Waals surface area contributed by atoms with E-state index in [2.05, 4.69) is 0 Å². The minimum Gasteiger partial charge on any atom is -0.548 e. The van der Waals surface area contributed by atoms with Crippen LogP contribution in [0.1, 0.15) is 13.8 Å². The minimum absolute atomic E-state index is 0.0203. The molecule has 148 valence electrons. The highest BCUT2D eigenvalue weighted by Crippen LogP contribution is 1.91. The normalized spacial score (nSPS) is 10.8. The Labute approximate surface area is 148 Å². The van der Waals surface area contributed by atoms with E-state index in [1.807, 2.05) is 21.1 Å². The van der Waals surface area contributed by atoms with Crippen molar-refractivity contribution in [1.29, 1.82) is 5.41 Å². The van der Waals surface area contributed by atoms with Gasteiger partial charge in [-0.25, -0.2) is 0 Å². The molecule has 0 aliphatic heterocycles. The zero-order chi connectivity index (χ0) is 20.8. The molecule has 0 radical (unpaired) electrons. The summed E-state index contributed by atoms with van der Waals surface area (Å²) in [5, 5.41) is 23.9. The molecule has 0 unspecified atom stereocenters. The van der Waals surface area contributed by atoms with Gasteiger partial charge in [-0.2, -0.15) is 0 Å². The van der Waals surface area contributed by atoms with Crippen LogP contribution in [-0.2, 0) is 19.1 Å². The van der Waals surface area contributed by atoms with E-state index in [0.29, 0.717) is 6.61 Å². The van der Waals surface area contributed by atoms with E-state index in [-0.39, 0.29) is 18.5 Å². The first-order chi connectivity index (χ1) is 11.1. The van der Waals surface area contributed by atoms with Gasteiger partial charge >= 0.3 is 5.97 Å². The zero-order valence-corrected chi connectivity index (χ0v) is 15.7. The highest BCUT2D eigenvalue weighted by molar-refractivity contribution is 5.80. The Kier molecular flexibility index (Phi) is 15.4. The Morgan fingerprint density at radius 2 is 1.68 bits per heavy atom. The lowest BCUT2D eigenvalue weighted by Gasteiger charge is -2.23. The molecular formula is C14H31N5O6. The summed E-state index contributed by atoms with van der Waals surface area (Å²) in [6.07, 6.45) is 0. The fraction of sp³-hybridized carbons (Fsp3) is 0.714. The molecule has 0 aromatic carbocycles. The third-order valence-corrected chi connectivity index (χ3v) is 2.17. The number of nitrogens with zero attached hydrogens (tertiary/aromatic N) is 2. The quantitative estimate of drug-likeness (QED) is 0.167. The minimum atomic E-state index is -1.21. The number of aliphatic carboxylic acids is 2. The maximum atomic E-state index is 11.2. The predicted molar refractivity (Wildman–Crippen MR) is 90.4 cm³/mol. The molecule has 1 atom stereocenters. The number of carboxylic acid groups (broad SMARTS) is 2. The summed E-state index contributed by atoms with van der Waals surface area (Å²) in [5.41, 5.74) is 9.95. The lowest BCUT2D eigenvalue weighted by atomic mass is 10.4. The first kappa shape index (κ1) is 27.4. The van der Waals surface area contributed by atoms with Crippen LogP contribution in [0.5, 0.6) is 0 Å². The molecule has 11 heteroatoms. The third-order valence-electron chi connectivity index (χ3n) is 2.17. The van der Waals surface area contributed by atoms with Gasteiger partial charge in [0.1, 0.15) is 19.7 Å². The van der Waals surface area contributed by atoms with Crippen molar-refractivity contribution in [3.63, 3.8) is 0 Å².